The van der Waals surface area contributed by atoms with Gasteiger partial charge < -0.3 is 14.7 Å². The molecule has 1 aliphatic heterocycles. The van der Waals surface area contributed by atoms with Crippen LogP contribution in [0, 0.1) is 11.3 Å². The van der Waals surface area contributed by atoms with Gasteiger partial charge in [-0.05, 0) is 61.4 Å². The van der Waals surface area contributed by atoms with E-state index in [-0.39, 0.29) is 12.0 Å². The number of likely N-dealkylation sites (tertiary alicyclic amines) is 1. The maximum Gasteiger partial charge on any atom is 0.119 e. The lowest BCUT2D eigenvalue weighted by molar-refractivity contribution is 0.0253. The Balaban J connectivity index is 1.48. The molecule has 2 bridgehead atoms. The Bertz CT molecular complexity index is 832. The normalized spacial score (nSPS) is 25.9. The summed E-state index contributed by atoms with van der Waals surface area (Å²) in [5, 5.41) is 10.5. The van der Waals surface area contributed by atoms with Gasteiger partial charge in [-0.2, -0.15) is 0 Å². The van der Waals surface area contributed by atoms with E-state index in [0.717, 1.165) is 38.2 Å². The first-order valence-corrected chi connectivity index (χ1v) is 11.0. The SMILES string of the molecule is COc1cccc(C=C2[C@@H]3CCC[C@@]2(CO)CN(CCCc2ccccc2)C3)c1. The number of hydrogen-bond acceptors (Lipinski definition) is 3. The average Bonchev–Trinajstić information content (AvgIpc) is 2.75. The summed E-state index contributed by atoms with van der Waals surface area (Å²) in [5.41, 5.74) is 3.97. The summed E-state index contributed by atoms with van der Waals surface area (Å²) >= 11 is 0. The minimum Gasteiger partial charge on any atom is -0.497 e. The molecular weight excluding hydrogens is 358 g/mol. The van der Waals surface area contributed by atoms with Crippen molar-refractivity contribution >= 4 is 6.08 Å². The monoisotopic (exact) mass is 391 g/mol. The first kappa shape index (κ1) is 20.2. The Labute approximate surface area is 175 Å². The highest BCUT2D eigenvalue weighted by Crippen LogP contribution is 2.49. The number of piperidine rings is 1. The number of aliphatic hydroxyl groups is 1. The number of aliphatic hydroxyl groups excluding tert-OH is 1. The largest absolute Gasteiger partial charge is 0.497 e. The highest BCUT2D eigenvalue weighted by Gasteiger charge is 2.45. The van der Waals surface area contributed by atoms with Crippen molar-refractivity contribution in [3.8, 4) is 5.75 Å². The molecule has 1 N–H and O–H groups in total. The zero-order valence-electron chi connectivity index (χ0n) is 17.5. The van der Waals surface area contributed by atoms with E-state index < -0.39 is 0 Å². The molecule has 2 aromatic rings. The average molecular weight is 392 g/mol. The molecule has 4 rings (SSSR count). The van der Waals surface area contributed by atoms with E-state index in [2.05, 4.69) is 53.4 Å². The third kappa shape index (κ3) is 4.57. The van der Waals surface area contributed by atoms with Crippen LogP contribution >= 0.6 is 0 Å². The van der Waals surface area contributed by atoms with E-state index in [0.29, 0.717) is 5.92 Å². The first-order valence-electron chi connectivity index (χ1n) is 11.0. The van der Waals surface area contributed by atoms with E-state index in [1.807, 2.05) is 12.1 Å². The number of fused-ring (bicyclic) bond motifs is 2. The van der Waals surface area contributed by atoms with Crippen molar-refractivity contribution in [1.29, 1.82) is 0 Å². The zero-order chi connectivity index (χ0) is 20.1. The number of methoxy groups -OCH3 is 1. The number of rotatable bonds is 7. The van der Waals surface area contributed by atoms with Gasteiger partial charge >= 0.3 is 0 Å². The molecule has 0 unspecified atom stereocenters. The summed E-state index contributed by atoms with van der Waals surface area (Å²) in [4.78, 5) is 2.60. The van der Waals surface area contributed by atoms with Gasteiger partial charge in [-0.3, -0.25) is 0 Å². The van der Waals surface area contributed by atoms with Crippen molar-refractivity contribution in [3.63, 3.8) is 0 Å². The third-order valence-corrected chi connectivity index (χ3v) is 6.77. The molecule has 154 valence electrons. The highest BCUT2D eigenvalue weighted by molar-refractivity contribution is 5.58. The summed E-state index contributed by atoms with van der Waals surface area (Å²) in [6, 6.07) is 19.0. The van der Waals surface area contributed by atoms with Crippen molar-refractivity contribution in [2.24, 2.45) is 11.3 Å². The number of aryl methyl sites for hydroxylation is 1. The molecule has 1 saturated heterocycles. The second-order valence-electron chi connectivity index (χ2n) is 8.73. The summed E-state index contributed by atoms with van der Waals surface area (Å²) < 4.78 is 5.40. The van der Waals surface area contributed by atoms with Crippen LogP contribution in [0.25, 0.3) is 6.08 Å². The summed E-state index contributed by atoms with van der Waals surface area (Å²) in [5.74, 6) is 1.44. The second kappa shape index (κ2) is 9.15. The van der Waals surface area contributed by atoms with Crippen LogP contribution in [0.4, 0.5) is 0 Å². The minimum absolute atomic E-state index is 0.0863. The molecule has 3 heteroatoms. The van der Waals surface area contributed by atoms with Gasteiger partial charge in [-0.1, -0.05) is 60.5 Å². The lowest BCUT2D eigenvalue weighted by Crippen LogP contribution is -2.53. The van der Waals surface area contributed by atoms with Crippen LogP contribution in [-0.2, 0) is 6.42 Å². The molecule has 0 aromatic heterocycles. The summed E-state index contributed by atoms with van der Waals surface area (Å²) in [6.45, 7) is 3.45. The van der Waals surface area contributed by atoms with Crippen LogP contribution in [0.5, 0.6) is 5.75 Å². The number of benzene rings is 2. The van der Waals surface area contributed by atoms with Gasteiger partial charge in [0.2, 0.25) is 0 Å². The zero-order valence-corrected chi connectivity index (χ0v) is 17.5. The molecule has 2 aliphatic rings. The van der Waals surface area contributed by atoms with E-state index in [9.17, 15) is 5.11 Å². The Hall–Kier alpha value is -2.10. The maximum atomic E-state index is 10.5. The van der Waals surface area contributed by atoms with Crippen LogP contribution in [0.3, 0.4) is 0 Å². The minimum atomic E-state index is -0.0863. The second-order valence-corrected chi connectivity index (χ2v) is 8.73. The van der Waals surface area contributed by atoms with Crippen molar-refractivity contribution in [2.45, 2.75) is 32.1 Å². The van der Waals surface area contributed by atoms with Crippen LogP contribution in [-0.4, -0.2) is 43.4 Å². The molecule has 2 aromatic carbocycles. The van der Waals surface area contributed by atoms with Gasteiger partial charge in [0.05, 0.1) is 13.7 Å². The van der Waals surface area contributed by atoms with E-state index in [1.165, 1.54) is 36.0 Å². The highest BCUT2D eigenvalue weighted by atomic mass is 16.5. The summed E-state index contributed by atoms with van der Waals surface area (Å²) in [7, 11) is 1.71. The fourth-order valence-corrected chi connectivity index (χ4v) is 5.31. The van der Waals surface area contributed by atoms with E-state index in [1.54, 1.807) is 7.11 Å². The molecule has 2 fully saturated rings. The molecule has 2 atom stereocenters. The topological polar surface area (TPSA) is 32.7 Å². The maximum absolute atomic E-state index is 10.5. The Kier molecular flexibility index (Phi) is 6.37. The van der Waals surface area contributed by atoms with Crippen molar-refractivity contribution in [3.05, 3.63) is 71.3 Å². The molecule has 0 amide bonds. The lowest BCUT2D eigenvalue weighted by atomic mass is 9.62. The van der Waals surface area contributed by atoms with Crippen molar-refractivity contribution in [2.75, 3.05) is 33.4 Å². The molecule has 0 spiro atoms. The number of nitrogens with zero attached hydrogens (tertiary/aromatic N) is 1. The molecule has 3 nitrogen and oxygen atoms in total. The Morgan fingerprint density at radius 3 is 2.83 bits per heavy atom. The van der Waals surface area contributed by atoms with Gasteiger partial charge in [-0.15, -0.1) is 0 Å². The fraction of sp³-hybridized carbons (Fsp3) is 0.462. The van der Waals surface area contributed by atoms with Gasteiger partial charge in [0, 0.05) is 18.5 Å². The first-order chi connectivity index (χ1) is 14.2. The number of hydrogen-bond donors (Lipinski definition) is 1. The third-order valence-electron chi connectivity index (χ3n) is 6.77. The van der Waals surface area contributed by atoms with Gasteiger partial charge in [0.25, 0.3) is 0 Å². The molecule has 0 radical (unpaired) electrons. The number of ether oxygens (including phenoxy) is 1. The van der Waals surface area contributed by atoms with Crippen molar-refractivity contribution in [1.82, 2.24) is 4.90 Å². The van der Waals surface area contributed by atoms with Crippen molar-refractivity contribution < 1.29 is 9.84 Å². The van der Waals surface area contributed by atoms with E-state index in [4.69, 9.17) is 4.74 Å². The molecule has 1 saturated carbocycles. The molecule has 29 heavy (non-hydrogen) atoms. The summed E-state index contributed by atoms with van der Waals surface area (Å²) in [6.07, 6.45) is 8.17. The van der Waals surface area contributed by atoms with Crippen LogP contribution in [0.15, 0.2) is 60.2 Å². The smallest absolute Gasteiger partial charge is 0.119 e. The predicted octanol–water partition coefficient (Wildman–Crippen LogP) is 4.81. The van der Waals surface area contributed by atoms with Crippen LogP contribution in [0.2, 0.25) is 0 Å². The lowest BCUT2D eigenvalue weighted by Gasteiger charge is -2.51. The van der Waals surface area contributed by atoms with Crippen LogP contribution in [0.1, 0.15) is 36.8 Å². The van der Waals surface area contributed by atoms with Gasteiger partial charge in [0.1, 0.15) is 5.75 Å². The van der Waals surface area contributed by atoms with Gasteiger partial charge in [0.15, 0.2) is 0 Å². The Morgan fingerprint density at radius 2 is 2.03 bits per heavy atom. The van der Waals surface area contributed by atoms with Crippen LogP contribution < -0.4 is 4.74 Å². The molecule has 1 aliphatic carbocycles. The molecule has 1 heterocycles. The quantitative estimate of drug-likeness (QED) is 0.735. The standard InChI is InChI=1S/C26H33NO2/c1-29-24-13-5-10-22(16-24)17-25-23-12-6-14-26(25,20-28)19-27(18-23)15-7-11-21-8-3-2-4-9-21/h2-5,8-10,13,16-17,23,28H,6-7,11-12,14-15,18-20H2,1H3/t23-,26+/m1/s1. The van der Waals surface area contributed by atoms with Gasteiger partial charge in [-0.25, -0.2) is 0 Å². The predicted molar refractivity (Wildman–Crippen MR) is 119 cm³/mol. The molecular formula is C26H33NO2. The fourth-order valence-electron chi connectivity index (χ4n) is 5.31. The Morgan fingerprint density at radius 1 is 1.17 bits per heavy atom. The van der Waals surface area contributed by atoms with E-state index >= 15 is 0 Å².